The Morgan fingerprint density at radius 2 is 2.05 bits per heavy atom. The molecule has 0 unspecified atom stereocenters. The maximum absolute atomic E-state index is 4.92. The summed E-state index contributed by atoms with van der Waals surface area (Å²) in [7, 11) is 0. The molecule has 3 heterocycles. The Bertz CT molecular complexity index is 561. The minimum absolute atomic E-state index is 0.0247. The van der Waals surface area contributed by atoms with Crippen molar-refractivity contribution in [3.05, 3.63) is 28.1 Å². The Morgan fingerprint density at radius 1 is 1.26 bits per heavy atom. The minimum Gasteiger partial charge on any atom is -0.316 e. The van der Waals surface area contributed by atoms with Crippen LogP contribution in [0.4, 0.5) is 0 Å². The van der Waals surface area contributed by atoms with Gasteiger partial charge in [0.15, 0.2) is 0 Å². The molecule has 0 saturated carbocycles. The summed E-state index contributed by atoms with van der Waals surface area (Å²) < 4.78 is 2.23. The van der Waals surface area contributed by atoms with E-state index in [0.29, 0.717) is 0 Å². The largest absolute Gasteiger partial charge is 0.316 e. The standard InChI is InChI=1S/C15H21N3S/c1-15(2,3)18-14(11-6-9-19-10-11)12-4-7-16-8-5-13(12)17-18/h6,9-10,16H,4-5,7-8H2,1-3H3. The SMILES string of the molecule is CC(C)(C)n1nc2c(c1-c1ccsc1)CCNCC2. The van der Waals surface area contributed by atoms with E-state index in [-0.39, 0.29) is 5.54 Å². The van der Waals surface area contributed by atoms with Crippen LogP contribution < -0.4 is 5.32 Å². The molecule has 4 heteroatoms. The van der Waals surface area contributed by atoms with Crippen molar-refractivity contribution in [3.63, 3.8) is 0 Å². The van der Waals surface area contributed by atoms with E-state index in [9.17, 15) is 0 Å². The van der Waals surface area contributed by atoms with E-state index < -0.39 is 0 Å². The van der Waals surface area contributed by atoms with E-state index in [0.717, 1.165) is 25.9 Å². The van der Waals surface area contributed by atoms with Crippen molar-refractivity contribution in [3.8, 4) is 11.3 Å². The van der Waals surface area contributed by atoms with Gasteiger partial charge in [0.2, 0.25) is 0 Å². The fourth-order valence-corrected chi connectivity index (χ4v) is 3.33. The van der Waals surface area contributed by atoms with Gasteiger partial charge in [0.25, 0.3) is 0 Å². The van der Waals surface area contributed by atoms with Crippen molar-refractivity contribution in [2.24, 2.45) is 0 Å². The predicted octanol–water partition coefficient (Wildman–Crippen LogP) is 3.05. The number of aromatic nitrogens is 2. The molecular formula is C15H21N3S. The minimum atomic E-state index is 0.0247. The van der Waals surface area contributed by atoms with Crippen LogP contribution in [-0.2, 0) is 18.4 Å². The highest BCUT2D eigenvalue weighted by molar-refractivity contribution is 7.08. The fraction of sp³-hybridized carbons (Fsp3) is 0.533. The lowest BCUT2D eigenvalue weighted by Crippen LogP contribution is -2.25. The molecule has 2 aromatic rings. The smallest absolute Gasteiger partial charge is 0.0732 e. The highest BCUT2D eigenvalue weighted by Crippen LogP contribution is 2.33. The lowest BCUT2D eigenvalue weighted by molar-refractivity contribution is 0.357. The average Bonchev–Trinajstić information content (AvgIpc) is 2.91. The molecule has 0 amide bonds. The van der Waals surface area contributed by atoms with Crippen molar-refractivity contribution >= 4 is 11.3 Å². The zero-order valence-corrected chi connectivity index (χ0v) is 12.7. The van der Waals surface area contributed by atoms with Gasteiger partial charge >= 0.3 is 0 Å². The predicted molar refractivity (Wildman–Crippen MR) is 80.8 cm³/mol. The molecule has 0 fully saturated rings. The second kappa shape index (κ2) is 4.76. The summed E-state index contributed by atoms with van der Waals surface area (Å²) >= 11 is 1.76. The van der Waals surface area contributed by atoms with E-state index in [1.165, 1.54) is 22.5 Å². The third-order valence-electron chi connectivity index (χ3n) is 3.59. The molecule has 19 heavy (non-hydrogen) atoms. The third-order valence-corrected chi connectivity index (χ3v) is 4.27. The van der Waals surface area contributed by atoms with Crippen LogP contribution in [0.25, 0.3) is 11.3 Å². The molecule has 0 radical (unpaired) electrons. The van der Waals surface area contributed by atoms with Crippen LogP contribution in [0.1, 0.15) is 32.0 Å². The normalized spacial score (nSPS) is 16.2. The molecule has 1 aliphatic heterocycles. The first-order valence-corrected chi connectivity index (χ1v) is 7.86. The Hall–Kier alpha value is -1.13. The first-order valence-electron chi connectivity index (χ1n) is 6.92. The van der Waals surface area contributed by atoms with E-state index >= 15 is 0 Å². The number of hydrogen-bond acceptors (Lipinski definition) is 3. The second-order valence-corrected chi connectivity index (χ2v) is 6.90. The molecule has 0 aliphatic carbocycles. The quantitative estimate of drug-likeness (QED) is 0.867. The molecule has 0 atom stereocenters. The molecule has 0 saturated heterocycles. The van der Waals surface area contributed by atoms with Crippen molar-refractivity contribution in [2.45, 2.75) is 39.2 Å². The van der Waals surface area contributed by atoms with Gasteiger partial charge < -0.3 is 5.32 Å². The van der Waals surface area contributed by atoms with Gasteiger partial charge in [0.1, 0.15) is 0 Å². The zero-order chi connectivity index (χ0) is 13.5. The topological polar surface area (TPSA) is 29.9 Å². The molecule has 2 aromatic heterocycles. The van der Waals surface area contributed by atoms with Crippen LogP contribution in [-0.4, -0.2) is 22.9 Å². The van der Waals surface area contributed by atoms with Gasteiger partial charge in [0, 0.05) is 29.5 Å². The Labute approximate surface area is 118 Å². The molecule has 0 bridgehead atoms. The van der Waals surface area contributed by atoms with Crippen LogP contribution in [0.3, 0.4) is 0 Å². The summed E-state index contributed by atoms with van der Waals surface area (Å²) in [6.07, 6.45) is 2.12. The highest BCUT2D eigenvalue weighted by Gasteiger charge is 2.26. The molecule has 1 aliphatic rings. The first-order chi connectivity index (χ1) is 9.07. The number of fused-ring (bicyclic) bond motifs is 1. The molecule has 3 rings (SSSR count). The van der Waals surface area contributed by atoms with Crippen LogP contribution in [0, 0.1) is 0 Å². The molecule has 1 N–H and O–H groups in total. The van der Waals surface area contributed by atoms with Crippen LogP contribution in [0.5, 0.6) is 0 Å². The van der Waals surface area contributed by atoms with Crippen LogP contribution >= 0.6 is 11.3 Å². The number of thiophene rings is 1. The lowest BCUT2D eigenvalue weighted by Gasteiger charge is -2.23. The summed E-state index contributed by atoms with van der Waals surface area (Å²) in [5.74, 6) is 0. The Morgan fingerprint density at radius 3 is 2.74 bits per heavy atom. The summed E-state index contributed by atoms with van der Waals surface area (Å²) in [6, 6.07) is 2.21. The maximum atomic E-state index is 4.92. The molecule has 102 valence electrons. The van der Waals surface area contributed by atoms with Crippen molar-refractivity contribution in [1.29, 1.82) is 0 Å². The van der Waals surface area contributed by atoms with E-state index in [1.807, 2.05) is 0 Å². The van der Waals surface area contributed by atoms with Crippen molar-refractivity contribution < 1.29 is 0 Å². The number of hydrogen-bond donors (Lipinski definition) is 1. The first kappa shape index (κ1) is 12.9. The van der Waals surface area contributed by atoms with Gasteiger partial charge in [-0.1, -0.05) is 0 Å². The van der Waals surface area contributed by atoms with Crippen LogP contribution in [0.15, 0.2) is 16.8 Å². The number of rotatable bonds is 1. The van der Waals surface area contributed by atoms with Gasteiger partial charge in [0.05, 0.1) is 16.9 Å². The van der Waals surface area contributed by atoms with Gasteiger partial charge in [-0.2, -0.15) is 16.4 Å². The zero-order valence-electron chi connectivity index (χ0n) is 11.9. The van der Waals surface area contributed by atoms with E-state index in [1.54, 1.807) is 11.3 Å². The monoisotopic (exact) mass is 275 g/mol. The maximum Gasteiger partial charge on any atom is 0.0732 e. The summed E-state index contributed by atoms with van der Waals surface area (Å²) in [5, 5.41) is 12.8. The summed E-state index contributed by atoms with van der Waals surface area (Å²) in [4.78, 5) is 0. The molecule has 0 aromatic carbocycles. The summed E-state index contributed by atoms with van der Waals surface area (Å²) in [5.41, 5.74) is 5.39. The fourth-order valence-electron chi connectivity index (χ4n) is 2.69. The van der Waals surface area contributed by atoms with Gasteiger partial charge in [-0.15, -0.1) is 0 Å². The molecular weight excluding hydrogens is 254 g/mol. The Kier molecular flexibility index (Phi) is 3.23. The van der Waals surface area contributed by atoms with Gasteiger partial charge in [-0.05, 0) is 45.2 Å². The molecule has 0 spiro atoms. The average molecular weight is 275 g/mol. The third kappa shape index (κ3) is 2.35. The lowest BCUT2D eigenvalue weighted by atomic mass is 10.0. The van der Waals surface area contributed by atoms with E-state index in [4.69, 9.17) is 5.10 Å². The second-order valence-electron chi connectivity index (χ2n) is 6.12. The van der Waals surface area contributed by atoms with Crippen molar-refractivity contribution in [2.75, 3.05) is 13.1 Å². The number of nitrogens with one attached hydrogen (secondary N) is 1. The Balaban J connectivity index is 2.20. The highest BCUT2D eigenvalue weighted by atomic mass is 32.1. The van der Waals surface area contributed by atoms with Crippen LogP contribution in [0.2, 0.25) is 0 Å². The van der Waals surface area contributed by atoms with E-state index in [2.05, 4.69) is 47.6 Å². The summed E-state index contributed by atoms with van der Waals surface area (Å²) in [6.45, 7) is 8.78. The van der Waals surface area contributed by atoms with Gasteiger partial charge in [-0.25, -0.2) is 0 Å². The number of nitrogens with zero attached hydrogens (tertiary/aromatic N) is 2. The van der Waals surface area contributed by atoms with Crippen molar-refractivity contribution in [1.82, 2.24) is 15.1 Å². The molecule has 3 nitrogen and oxygen atoms in total. The van der Waals surface area contributed by atoms with Gasteiger partial charge in [-0.3, -0.25) is 4.68 Å².